The van der Waals surface area contributed by atoms with Crippen molar-refractivity contribution in [3.05, 3.63) is 90.8 Å². The summed E-state index contributed by atoms with van der Waals surface area (Å²) in [4.78, 5) is 48.1. The minimum absolute atomic E-state index is 0.0828. The minimum Gasteiger partial charge on any atom is -0.329 e. The van der Waals surface area contributed by atoms with Crippen LogP contribution >= 0.6 is 23.2 Å². The van der Waals surface area contributed by atoms with Gasteiger partial charge in [-0.25, -0.2) is 36.7 Å². The Morgan fingerprint density at radius 3 is 2.44 bits per heavy atom. The van der Waals surface area contributed by atoms with Crippen molar-refractivity contribution >= 4 is 51.6 Å². The first kappa shape index (κ1) is 30.3. The molecular formula is C26H20Cl2F4N10O3. The number of aromatic nitrogens is 8. The number of likely N-dealkylation sites (tertiary alicyclic amines) is 1. The first-order valence-electron chi connectivity index (χ1n) is 13.1. The Labute approximate surface area is 259 Å². The normalized spacial score (nSPS) is 14.2. The van der Waals surface area contributed by atoms with Crippen molar-refractivity contribution in [2.75, 3.05) is 18.4 Å². The molecule has 1 N–H and O–H groups in total. The Hall–Kier alpha value is -4.77. The van der Waals surface area contributed by atoms with Gasteiger partial charge < -0.3 is 10.2 Å². The summed E-state index contributed by atoms with van der Waals surface area (Å²) in [5, 5.41) is 11.2. The molecule has 234 valence electrons. The maximum Gasteiger partial charge on any atom is 0.355 e. The van der Waals surface area contributed by atoms with Gasteiger partial charge in [-0.1, -0.05) is 23.2 Å². The summed E-state index contributed by atoms with van der Waals surface area (Å²) in [6.07, 6.45) is 2.87. The fourth-order valence-corrected chi connectivity index (χ4v) is 5.14. The predicted molar refractivity (Wildman–Crippen MR) is 153 cm³/mol. The third kappa shape index (κ3) is 6.12. The summed E-state index contributed by atoms with van der Waals surface area (Å²) in [6.45, 7) is -2.32. The molecule has 4 heterocycles. The second kappa shape index (κ2) is 11.3. The molecule has 3 aromatic heterocycles. The molecule has 1 saturated heterocycles. The zero-order chi connectivity index (χ0) is 32.2. The molecule has 0 aliphatic carbocycles. The van der Waals surface area contributed by atoms with Gasteiger partial charge in [0.2, 0.25) is 11.9 Å². The molecule has 2 aromatic carbocycles. The van der Waals surface area contributed by atoms with Gasteiger partial charge in [0.15, 0.2) is 17.5 Å². The van der Waals surface area contributed by atoms with Crippen molar-refractivity contribution in [1.82, 2.24) is 43.6 Å². The Bertz CT molecular complexity index is 2080. The van der Waals surface area contributed by atoms with Gasteiger partial charge >= 0.3 is 11.4 Å². The van der Waals surface area contributed by atoms with Crippen molar-refractivity contribution in [1.29, 1.82) is 0 Å². The molecule has 0 spiro atoms. The predicted octanol–water partition coefficient (Wildman–Crippen LogP) is 2.79. The van der Waals surface area contributed by atoms with E-state index in [0.29, 0.717) is 10.9 Å². The molecule has 1 fully saturated rings. The molecule has 0 unspecified atom stereocenters. The number of hydrogen-bond donors (Lipinski definition) is 1. The monoisotopic (exact) mass is 666 g/mol. The number of nitrogens with zero attached hydrogens (tertiary/aromatic N) is 9. The molecule has 0 saturated carbocycles. The lowest BCUT2D eigenvalue weighted by atomic mass is 10.1. The number of carbonyl (C=O) groups is 1. The van der Waals surface area contributed by atoms with Crippen LogP contribution in [0.2, 0.25) is 10.0 Å². The van der Waals surface area contributed by atoms with Gasteiger partial charge in [-0.05, 0) is 29.8 Å². The number of nitrogens with one attached hydrogen (secondary N) is 1. The van der Waals surface area contributed by atoms with Crippen molar-refractivity contribution < 1.29 is 22.4 Å². The van der Waals surface area contributed by atoms with E-state index in [-0.39, 0.29) is 41.1 Å². The van der Waals surface area contributed by atoms with Crippen molar-refractivity contribution in [2.24, 2.45) is 7.05 Å². The molecule has 0 bridgehead atoms. The number of halogens is 6. The first-order chi connectivity index (χ1) is 21.3. The number of fused-ring (bicyclic) bond motifs is 1. The van der Waals surface area contributed by atoms with E-state index in [4.69, 9.17) is 23.2 Å². The van der Waals surface area contributed by atoms with Crippen LogP contribution in [0.1, 0.15) is 11.4 Å². The number of rotatable bonds is 8. The summed E-state index contributed by atoms with van der Waals surface area (Å²) >= 11 is 12.3. The quantitative estimate of drug-likeness (QED) is 0.197. The zero-order valence-electron chi connectivity index (χ0n) is 23.0. The molecule has 5 aromatic rings. The number of benzene rings is 2. The number of carbonyl (C=O) groups excluding carboxylic acids is 1. The molecule has 1 aliphatic rings. The third-order valence-electron chi connectivity index (χ3n) is 6.86. The highest BCUT2D eigenvalue weighted by atomic mass is 35.5. The van der Waals surface area contributed by atoms with Gasteiger partial charge in [0.05, 0.1) is 47.4 Å². The van der Waals surface area contributed by atoms with Gasteiger partial charge in [0.1, 0.15) is 12.9 Å². The van der Waals surface area contributed by atoms with Gasteiger partial charge in [0.25, 0.3) is 5.92 Å². The average Bonchev–Trinajstić information content (AvgIpc) is 3.54. The molecule has 0 atom stereocenters. The van der Waals surface area contributed by atoms with Gasteiger partial charge in [-0.15, -0.1) is 0 Å². The number of aryl methyl sites for hydroxylation is 1. The lowest BCUT2D eigenvalue weighted by Gasteiger charge is -2.38. The highest BCUT2D eigenvalue weighted by Gasteiger charge is 2.46. The van der Waals surface area contributed by atoms with Crippen LogP contribution in [0.4, 0.5) is 29.2 Å². The topological polar surface area (TPSA) is 138 Å². The SMILES string of the molecule is Cn1cnc(Cn2c(=O)nc(Nc3cc4cn(CC(=O)N5CC(F)(F)C5)nc4cc3Cl)n(Cc3cc(F)c(F)c(Cl)c3)c2=O)n1. The molecule has 13 nitrogen and oxygen atoms in total. The van der Waals surface area contributed by atoms with Crippen molar-refractivity contribution in [3.8, 4) is 0 Å². The van der Waals surface area contributed by atoms with E-state index in [2.05, 4.69) is 25.5 Å². The van der Waals surface area contributed by atoms with E-state index in [1.54, 1.807) is 7.05 Å². The van der Waals surface area contributed by atoms with Crippen molar-refractivity contribution in [2.45, 2.75) is 25.6 Å². The number of anilines is 2. The van der Waals surface area contributed by atoms with Gasteiger partial charge in [-0.2, -0.15) is 15.2 Å². The maximum absolute atomic E-state index is 14.2. The molecule has 6 rings (SSSR count). The van der Waals surface area contributed by atoms with Crippen LogP contribution in [0.25, 0.3) is 10.9 Å². The molecule has 1 amide bonds. The highest BCUT2D eigenvalue weighted by molar-refractivity contribution is 6.34. The van der Waals surface area contributed by atoms with Crippen LogP contribution in [0.5, 0.6) is 0 Å². The summed E-state index contributed by atoms with van der Waals surface area (Å²) in [6, 6.07) is 4.94. The number of hydrogen-bond acceptors (Lipinski definition) is 8. The van der Waals surface area contributed by atoms with Crippen molar-refractivity contribution in [3.63, 3.8) is 0 Å². The zero-order valence-corrected chi connectivity index (χ0v) is 24.5. The van der Waals surface area contributed by atoms with Crippen LogP contribution < -0.4 is 16.7 Å². The van der Waals surface area contributed by atoms with E-state index in [0.717, 1.165) is 26.2 Å². The Morgan fingerprint density at radius 1 is 1.02 bits per heavy atom. The Balaban J connectivity index is 1.35. The summed E-state index contributed by atoms with van der Waals surface area (Å²) in [5.41, 5.74) is -1.22. The van der Waals surface area contributed by atoms with E-state index in [9.17, 15) is 31.9 Å². The first-order valence-corrected chi connectivity index (χ1v) is 13.8. The lowest BCUT2D eigenvalue weighted by Crippen LogP contribution is -2.59. The number of alkyl halides is 2. The lowest BCUT2D eigenvalue weighted by molar-refractivity contribution is -0.166. The molecule has 45 heavy (non-hydrogen) atoms. The van der Waals surface area contributed by atoms with E-state index >= 15 is 0 Å². The standard InChI is InChI=1S/C26H20Cl2F4N10O3/c1-38-12-33-20(37-38)8-42-24(44)35-23(41(25(42)45)6-13-2-16(28)22(30)17(29)3-13)34-19-4-14-7-40(36-18(14)5-15(19)27)9-21(43)39-10-26(31,32)11-39/h2-5,7,12H,6,8-11H2,1H3,(H,34,35,44). The fraction of sp³-hybridized carbons (Fsp3) is 0.269. The van der Waals surface area contributed by atoms with Crippen LogP contribution in [0.3, 0.4) is 0 Å². The smallest absolute Gasteiger partial charge is 0.329 e. The fourth-order valence-electron chi connectivity index (χ4n) is 4.70. The maximum atomic E-state index is 14.2. The number of amides is 1. The second-order valence-electron chi connectivity index (χ2n) is 10.3. The molecule has 19 heteroatoms. The largest absolute Gasteiger partial charge is 0.355 e. The Morgan fingerprint density at radius 2 is 1.78 bits per heavy atom. The molecular weight excluding hydrogens is 647 g/mol. The Kier molecular flexibility index (Phi) is 7.60. The molecule has 1 aliphatic heterocycles. The minimum atomic E-state index is -2.90. The van der Waals surface area contributed by atoms with Crippen LogP contribution in [0.15, 0.2) is 46.4 Å². The van der Waals surface area contributed by atoms with Crippen LogP contribution in [-0.4, -0.2) is 68.5 Å². The highest BCUT2D eigenvalue weighted by Crippen LogP contribution is 2.30. The average molecular weight is 667 g/mol. The summed E-state index contributed by atoms with van der Waals surface area (Å²) in [7, 11) is 1.60. The molecule has 0 radical (unpaired) electrons. The second-order valence-corrected chi connectivity index (χ2v) is 11.1. The third-order valence-corrected chi connectivity index (χ3v) is 7.45. The van der Waals surface area contributed by atoms with Gasteiger partial charge in [-0.3, -0.25) is 18.7 Å². The summed E-state index contributed by atoms with van der Waals surface area (Å²) < 4.78 is 58.8. The van der Waals surface area contributed by atoms with Gasteiger partial charge in [0, 0.05) is 18.6 Å². The summed E-state index contributed by atoms with van der Waals surface area (Å²) in [5.74, 6) is -6.09. The van der Waals surface area contributed by atoms with Crippen LogP contribution in [0, 0.1) is 11.6 Å². The van der Waals surface area contributed by atoms with E-state index in [1.165, 1.54) is 34.0 Å². The van der Waals surface area contributed by atoms with E-state index in [1.807, 2.05) is 0 Å². The van der Waals surface area contributed by atoms with Crippen LogP contribution in [-0.2, 0) is 31.5 Å². The van der Waals surface area contributed by atoms with E-state index < -0.39 is 59.5 Å².